The number of pyridine rings is 1. The Labute approximate surface area is 173 Å². The molecule has 3 heterocycles. The number of hydrogen-bond donors (Lipinski definition) is 1. The lowest BCUT2D eigenvalue weighted by molar-refractivity contribution is -0.136. The van der Waals surface area contributed by atoms with Gasteiger partial charge in [-0.25, -0.2) is 0 Å². The first kappa shape index (κ1) is 20.0. The van der Waals surface area contributed by atoms with Gasteiger partial charge >= 0.3 is 0 Å². The lowest BCUT2D eigenvalue weighted by Gasteiger charge is -2.36. The molecule has 29 heavy (non-hydrogen) atoms. The molecule has 4 rings (SSSR count). The summed E-state index contributed by atoms with van der Waals surface area (Å²) >= 11 is 0. The largest absolute Gasteiger partial charge is 0.381 e. The van der Waals surface area contributed by atoms with Crippen LogP contribution in [0.4, 0.5) is 0 Å². The van der Waals surface area contributed by atoms with Gasteiger partial charge in [0.25, 0.3) is 0 Å². The van der Waals surface area contributed by atoms with Crippen molar-refractivity contribution >= 4 is 5.91 Å². The van der Waals surface area contributed by atoms with E-state index >= 15 is 0 Å². The van der Waals surface area contributed by atoms with Crippen molar-refractivity contribution < 1.29 is 9.53 Å². The Morgan fingerprint density at radius 2 is 2.00 bits per heavy atom. The minimum atomic E-state index is -0.363. The molecule has 1 amide bonds. The molecule has 1 atom stereocenters. The average molecular weight is 394 g/mol. The number of amides is 1. The van der Waals surface area contributed by atoms with Crippen molar-refractivity contribution in [2.45, 2.75) is 25.7 Å². The number of hydrogen-bond acceptors (Lipinski definition) is 4. The van der Waals surface area contributed by atoms with Crippen LogP contribution in [-0.2, 0) is 16.0 Å². The minimum Gasteiger partial charge on any atom is -0.381 e. The predicted molar refractivity (Wildman–Crippen MR) is 114 cm³/mol. The number of carbonyl (C=O) groups is 1. The molecule has 0 aliphatic carbocycles. The fourth-order valence-corrected chi connectivity index (χ4v) is 4.60. The van der Waals surface area contributed by atoms with Crippen LogP contribution in [0, 0.1) is 11.3 Å². The van der Waals surface area contributed by atoms with Gasteiger partial charge in [0.05, 0.1) is 5.41 Å². The topological polar surface area (TPSA) is 54.5 Å². The van der Waals surface area contributed by atoms with Crippen LogP contribution in [0.15, 0.2) is 48.8 Å². The second kappa shape index (κ2) is 9.06. The molecule has 5 heteroatoms. The zero-order chi connectivity index (χ0) is 20.1. The number of likely N-dealkylation sites (tertiary alicyclic amines) is 1. The number of benzene rings is 1. The van der Waals surface area contributed by atoms with Gasteiger partial charge in [-0.1, -0.05) is 30.3 Å². The van der Waals surface area contributed by atoms with E-state index in [2.05, 4.69) is 52.6 Å². The Bertz CT molecular complexity index is 801. The van der Waals surface area contributed by atoms with Crippen molar-refractivity contribution in [1.82, 2.24) is 15.2 Å². The van der Waals surface area contributed by atoms with E-state index in [1.165, 1.54) is 12.0 Å². The Morgan fingerprint density at radius 3 is 2.66 bits per heavy atom. The van der Waals surface area contributed by atoms with Gasteiger partial charge in [0.15, 0.2) is 0 Å². The molecular weight excluding hydrogens is 362 g/mol. The summed E-state index contributed by atoms with van der Waals surface area (Å²) in [5.41, 5.74) is 3.10. The molecule has 0 saturated carbocycles. The molecule has 2 aliphatic rings. The summed E-state index contributed by atoms with van der Waals surface area (Å²) in [6.45, 7) is 4.31. The molecule has 154 valence electrons. The number of carbonyl (C=O) groups excluding carboxylic acids is 1. The molecule has 2 fully saturated rings. The van der Waals surface area contributed by atoms with Gasteiger partial charge in [-0.15, -0.1) is 0 Å². The van der Waals surface area contributed by atoms with Gasteiger partial charge in [-0.05, 0) is 68.0 Å². The van der Waals surface area contributed by atoms with Crippen molar-refractivity contribution in [1.29, 1.82) is 0 Å². The minimum absolute atomic E-state index is 0.201. The van der Waals surface area contributed by atoms with Crippen LogP contribution in [0.5, 0.6) is 0 Å². The number of aromatic nitrogens is 1. The van der Waals surface area contributed by atoms with Crippen LogP contribution in [0.25, 0.3) is 11.1 Å². The van der Waals surface area contributed by atoms with E-state index in [-0.39, 0.29) is 11.3 Å². The third kappa shape index (κ3) is 4.85. The SMILES string of the molecule is CN1CC[C@@H](CNC(=O)C2(Cc3ccc(-c4cccnc4)cc3)CCOCC2)C1. The molecule has 5 nitrogen and oxygen atoms in total. The lowest BCUT2D eigenvalue weighted by Crippen LogP contribution is -2.47. The summed E-state index contributed by atoms with van der Waals surface area (Å²) in [6.07, 6.45) is 7.17. The van der Waals surface area contributed by atoms with Crippen LogP contribution >= 0.6 is 0 Å². The van der Waals surface area contributed by atoms with Gasteiger partial charge in [-0.3, -0.25) is 9.78 Å². The highest BCUT2D eigenvalue weighted by atomic mass is 16.5. The Morgan fingerprint density at radius 1 is 1.21 bits per heavy atom. The maximum absolute atomic E-state index is 13.3. The molecule has 1 aromatic heterocycles. The fourth-order valence-electron chi connectivity index (χ4n) is 4.60. The Kier molecular flexibility index (Phi) is 6.26. The third-order valence-corrected chi connectivity index (χ3v) is 6.46. The quantitative estimate of drug-likeness (QED) is 0.819. The Hall–Kier alpha value is -2.24. The molecule has 1 N–H and O–H groups in total. The maximum Gasteiger partial charge on any atom is 0.226 e. The highest BCUT2D eigenvalue weighted by molar-refractivity contribution is 5.83. The summed E-state index contributed by atoms with van der Waals surface area (Å²) in [7, 11) is 2.15. The van der Waals surface area contributed by atoms with Gasteiger partial charge in [-0.2, -0.15) is 0 Å². The predicted octanol–water partition coefficient (Wildman–Crippen LogP) is 3.16. The highest BCUT2D eigenvalue weighted by Crippen LogP contribution is 2.35. The molecular formula is C24H31N3O2. The van der Waals surface area contributed by atoms with Gasteiger partial charge in [0, 0.05) is 38.7 Å². The first-order valence-corrected chi connectivity index (χ1v) is 10.7. The molecule has 2 aromatic rings. The molecule has 2 aliphatic heterocycles. The van der Waals surface area contributed by atoms with Crippen LogP contribution in [0.3, 0.4) is 0 Å². The summed E-state index contributed by atoms with van der Waals surface area (Å²) in [5, 5.41) is 3.28. The molecule has 0 unspecified atom stereocenters. The first-order valence-electron chi connectivity index (χ1n) is 10.7. The Balaban J connectivity index is 1.44. The van der Waals surface area contributed by atoms with Crippen LogP contribution < -0.4 is 5.32 Å². The van der Waals surface area contributed by atoms with E-state index < -0.39 is 0 Å². The fraction of sp³-hybridized carbons (Fsp3) is 0.500. The van der Waals surface area contributed by atoms with E-state index in [1.54, 1.807) is 6.20 Å². The van der Waals surface area contributed by atoms with Crippen molar-refractivity contribution in [2.75, 3.05) is 39.9 Å². The zero-order valence-corrected chi connectivity index (χ0v) is 17.3. The van der Waals surface area contributed by atoms with Crippen molar-refractivity contribution in [3.05, 3.63) is 54.4 Å². The zero-order valence-electron chi connectivity index (χ0n) is 17.3. The summed E-state index contributed by atoms with van der Waals surface area (Å²) in [4.78, 5) is 19.8. The standard InChI is InChI=1S/C24H31N3O2/c1-27-12-8-20(18-27)16-26-23(28)24(9-13-29-14-10-24)15-19-4-6-21(7-5-19)22-3-2-11-25-17-22/h2-7,11,17,20H,8-10,12-16,18H2,1H3,(H,26,28)/t20-/m0/s1. The second-order valence-electron chi connectivity index (χ2n) is 8.64. The van der Waals surface area contributed by atoms with Crippen LogP contribution in [-0.4, -0.2) is 55.7 Å². The van der Waals surface area contributed by atoms with E-state index in [0.29, 0.717) is 19.1 Å². The van der Waals surface area contributed by atoms with Crippen molar-refractivity contribution in [3.63, 3.8) is 0 Å². The van der Waals surface area contributed by atoms with Crippen LogP contribution in [0.2, 0.25) is 0 Å². The third-order valence-electron chi connectivity index (χ3n) is 6.46. The summed E-state index contributed by atoms with van der Waals surface area (Å²) < 4.78 is 5.59. The van der Waals surface area contributed by atoms with Crippen molar-refractivity contribution in [2.24, 2.45) is 11.3 Å². The van der Waals surface area contributed by atoms with E-state index in [9.17, 15) is 4.79 Å². The van der Waals surface area contributed by atoms with E-state index in [4.69, 9.17) is 4.74 Å². The normalized spacial score (nSPS) is 21.8. The smallest absolute Gasteiger partial charge is 0.226 e. The van der Waals surface area contributed by atoms with Gasteiger partial charge < -0.3 is 15.0 Å². The number of ether oxygens (including phenoxy) is 1. The molecule has 1 aromatic carbocycles. The maximum atomic E-state index is 13.3. The first-order chi connectivity index (χ1) is 14.1. The molecule has 0 radical (unpaired) electrons. The van der Waals surface area contributed by atoms with Crippen LogP contribution in [0.1, 0.15) is 24.8 Å². The van der Waals surface area contributed by atoms with E-state index in [1.807, 2.05) is 12.3 Å². The van der Waals surface area contributed by atoms with Gasteiger partial charge in [0.2, 0.25) is 5.91 Å². The van der Waals surface area contributed by atoms with Crippen molar-refractivity contribution in [3.8, 4) is 11.1 Å². The molecule has 2 saturated heterocycles. The van der Waals surface area contributed by atoms with Gasteiger partial charge in [0.1, 0.15) is 0 Å². The monoisotopic (exact) mass is 393 g/mol. The molecule has 0 spiro atoms. The lowest BCUT2D eigenvalue weighted by atomic mass is 9.74. The average Bonchev–Trinajstić information content (AvgIpc) is 3.19. The summed E-state index contributed by atoms with van der Waals surface area (Å²) in [5.74, 6) is 0.770. The highest BCUT2D eigenvalue weighted by Gasteiger charge is 2.40. The summed E-state index contributed by atoms with van der Waals surface area (Å²) in [6, 6.07) is 12.6. The number of nitrogens with one attached hydrogen (secondary N) is 1. The van der Waals surface area contributed by atoms with E-state index in [0.717, 1.165) is 50.0 Å². The molecule has 0 bridgehead atoms. The number of rotatable bonds is 6. The second-order valence-corrected chi connectivity index (χ2v) is 8.64. The number of nitrogens with zero attached hydrogens (tertiary/aromatic N) is 2.